The van der Waals surface area contributed by atoms with Crippen LogP contribution in [0.1, 0.15) is 44.1 Å². The predicted octanol–water partition coefficient (Wildman–Crippen LogP) is 4.47. The van der Waals surface area contributed by atoms with Gasteiger partial charge in [-0.15, -0.1) is 0 Å². The Morgan fingerprint density at radius 2 is 1.75 bits per heavy atom. The van der Waals surface area contributed by atoms with Gasteiger partial charge in [0.15, 0.2) is 0 Å². The van der Waals surface area contributed by atoms with Gasteiger partial charge in [-0.2, -0.15) is 0 Å². The first kappa shape index (κ1) is 16.8. The van der Waals surface area contributed by atoms with Gasteiger partial charge in [-0.1, -0.05) is 43.9 Å². The molecule has 1 aromatic carbocycles. The van der Waals surface area contributed by atoms with Gasteiger partial charge in [0, 0.05) is 36.4 Å². The van der Waals surface area contributed by atoms with Crippen molar-refractivity contribution < 1.29 is 5.11 Å². The van der Waals surface area contributed by atoms with Crippen molar-refractivity contribution in [1.29, 1.82) is 0 Å². The second-order valence-electron chi connectivity index (χ2n) is 6.43. The highest BCUT2D eigenvalue weighted by Gasteiger charge is 2.14. The number of imidazole rings is 1. The lowest BCUT2D eigenvalue weighted by Crippen LogP contribution is -2.06. The summed E-state index contributed by atoms with van der Waals surface area (Å²) in [6.45, 7) is 3.55. The van der Waals surface area contributed by atoms with E-state index in [4.69, 9.17) is 5.11 Å². The highest BCUT2D eigenvalue weighted by Crippen LogP contribution is 2.28. The highest BCUT2D eigenvalue weighted by molar-refractivity contribution is 5.87. The number of aryl methyl sites for hydroxylation is 2. The molecule has 0 atom stereocenters. The maximum atomic E-state index is 8.83. The Morgan fingerprint density at radius 1 is 1.00 bits per heavy atom. The lowest BCUT2D eigenvalue weighted by molar-refractivity contribution is 0.282. The van der Waals surface area contributed by atoms with Crippen LogP contribution in [0.25, 0.3) is 16.7 Å². The summed E-state index contributed by atoms with van der Waals surface area (Å²) in [5.74, 6) is 1.23. The number of hydrogen-bond donors (Lipinski definition) is 1. The maximum Gasteiger partial charge on any atom is 0.122 e. The lowest BCUT2D eigenvalue weighted by atomic mass is 10.1. The summed E-state index contributed by atoms with van der Waals surface area (Å²) in [4.78, 5) is 4.22. The molecule has 128 valence electrons. The number of aliphatic hydroxyl groups excluding tert-OH is 1. The zero-order valence-electron chi connectivity index (χ0n) is 14.5. The van der Waals surface area contributed by atoms with Crippen LogP contribution in [-0.4, -0.2) is 25.8 Å². The number of unbranched alkanes of at least 4 members (excludes halogenated alkanes) is 5. The summed E-state index contributed by atoms with van der Waals surface area (Å²) in [6.07, 6.45) is 12.7. The molecule has 0 spiro atoms. The van der Waals surface area contributed by atoms with Crippen molar-refractivity contribution in [3.05, 3.63) is 48.5 Å². The van der Waals surface area contributed by atoms with Crippen LogP contribution in [0.5, 0.6) is 0 Å². The van der Waals surface area contributed by atoms with Crippen LogP contribution < -0.4 is 0 Å². The second-order valence-corrected chi connectivity index (χ2v) is 6.43. The van der Waals surface area contributed by atoms with E-state index in [0.717, 1.165) is 19.4 Å². The number of aromatic nitrogens is 3. The minimum absolute atomic E-state index is 0.322. The molecular formula is C20H27N3O. The standard InChI is InChI=1S/C20H27N3O/c1-17-18-10-6-7-11-19(18)23(20(17)22-14-12-21-16-22)13-8-4-2-3-5-9-15-24/h6-7,10-12,14,16,24H,2-5,8-9,13,15H2,1H3. The van der Waals surface area contributed by atoms with Crippen molar-refractivity contribution >= 4 is 10.9 Å². The molecule has 0 saturated carbocycles. The van der Waals surface area contributed by atoms with Crippen molar-refractivity contribution in [3.63, 3.8) is 0 Å². The van der Waals surface area contributed by atoms with Crippen LogP contribution >= 0.6 is 0 Å². The number of rotatable bonds is 9. The van der Waals surface area contributed by atoms with E-state index in [0.29, 0.717) is 6.61 Å². The number of para-hydroxylation sites is 1. The fourth-order valence-corrected chi connectivity index (χ4v) is 3.50. The van der Waals surface area contributed by atoms with Gasteiger partial charge >= 0.3 is 0 Å². The molecule has 0 amide bonds. The van der Waals surface area contributed by atoms with Gasteiger partial charge in [-0.3, -0.25) is 4.57 Å². The molecule has 0 aliphatic rings. The quantitative estimate of drug-likeness (QED) is 0.590. The topological polar surface area (TPSA) is 43.0 Å². The van der Waals surface area contributed by atoms with Gasteiger partial charge in [-0.05, 0) is 31.4 Å². The molecule has 0 saturated heterocycles. The van der Waals surface area contributed by atoms with E-state index in [1.54, 1.807) is 0 Å². The number of benzene rings is 1. The van der Waals surface area contributed by atoms with Gasteiger partial charge in [0.1, 0.15) is 12.1 Å². The molecule has 0 aliphatic heterocycles. The molecule has 0 aliphatic carbocycles. The summed E-state index contributed by atoms with van der Waals surface area (Å²) in [6, 6.07) is 8.64. The number of hydrogen-bond acceptors (Lipinski definition) is 2. The van der Waals surface area contributed by atoms with E-state index in [1.807, 2.05) is 18.7 Å². The number of fused-ring (bicyclic) bond motifs is 1. The van der Waals surface area contributed by atoms with Crippen molar-refractivity contribution in [1.82, 2.24) is 14.1 Å². The zero-order valence-corrected chi connectivity index (χ0v) is 14.5. The van der Waals surface area contributed by atoms with Crippen molar-refractivity contribution in [2.45, 2.75) is 52.0 Å². The largest absolute Gasteiger partial charge is 0.396 e. The molecule has 2 heterocycles. The highest BCUT2D eigenvalue weighted by atomic mass is 16.2. The first-order chi connectivity index (χ1) is 11.8. The van der Waals surface area contributed by atoms with Gasteiger partial charge in [-0.25, -0.2) is 4.98 Å². The third kappa shape index (κ3) is 3.54. The lowest BCUT2D eigenvalue weighted by Gasteiger charge is -2.12. The van der Waals surface area contributed by atoms with E-state index in [-0.39, 0.29) is 0 Å². The van der Waals surface area contributed by atoms with Crippen LogP contribution in [-0.2, 0) is 6.54 Å². The Balaban J connectivity index is 1.75. The third-order valence-electron chi connectivity index (χ3n) is 4.73. The SMILES string of the molecule is Cc1c(-n2ccnc2)n(CCCCCCCCO)c2ccccc12. The normalized spacial score (nSPS) is 11.4. The smallest absolute Gasteiger partial charge is 0.122 e. The fraction of sp³-hybridized carbons (Fsp3) is 0.450. The molecule has 0 fully saturated rings. The molecule has 4 nitrogen and oxygen atoms in total. The van der Waals surface area contributed by atoms with Gasteiger partial charge in [0.25, 0.3) is 0 Å². The van der Waals surface area contributed by atoms with E-state index in [9.17, 15) is 0 Å². The van der Waals surface area contributed by atoms with Crippen LogP contribution in [0.15, 0.2) is 43.0 Å². The summed E-state index contributed by atoms with van der Waals surface area (Å²) >= 11 is 0. The minimum Gasteiger partial charge on any atom is -0.396 e. The molecular weight excluding hydrogens is 298 g/mol. The van der Waals surface area contributed by atoms with Crippen LogP contribution in [0, 0.1) is 6.92 Å². The fourth-order valence-electron chi connectivity index (χ4n) is 3.50. The molecule has 0 unspecified atom stereocenters. The number of nitrogens with zero attached hydrogens (tertiary/aromatic N) is 3. The molecule has 3 rings (SSSR count). The Hall–Kier alpha value is -2.07. The average Bonchev–Trinajstić information content (AvgIpc) is 3.21. The zero-order chi connectivity index (χ0) is 16.8. The van der Waals surface area contributed by atoms with E-state index < -0.39 is 0 Å². The van der Waals surface area contributed by atoms with E-state index in [1.165, 1.54) is 48.0 Å². The van der Waals surface area contributed by atoms with Crippen LogP contribution in [0.4, 0.5) is 0 Å². The monoisotopic (exact) mass is 325 g/mol. The van der Waals surface area contributed by atoms with Crippen LogP contribution in [0.3, 0.4) is 0 Å². The van der Waals surface area contributed by atoms with Gasteiger partial charge in [0.05, 0.1) is 0 Å². The summed E-state index contributed by atoms with van der Waals surface area (Å²) in [5.41, 5.74) is 2.62. The van der Waals surface area contributed by atoms with Gasteiger partial charge < -0.3 is 9.67 Å². The second kappa shape index (κ2) is 8.15. The molecule has 2 aromatic heterocycles. The average molecular weight is 325 g/mol. The molecule has 0 radical (unpaired) electrons. The predicted molar refractivity (Wildman–Crippen MR) is 98.6 cm³/mol. The molecule has 24 heavy (non-hydrogen) atoms. The number of aliphatic hydroxyl groups is 1. The Labute approximate surface area is 143 Å². The minimum atomic E-state index is 0.322. The molecule has 0 bridgehead atoms. The Bertz CT molecular complexity index is 759. The van der Waals surface area contributed by atoms with E-state index >= 15 is 0 Å². The molecule has 3 aromatic rings. The summed E-state index contributed by atoms with van der Waals surface area (Å²) in [7, 11) is 0. The molecule has 4 heteroatoms. The summed E-state index contributed by atoms with van der Waals surface area (Å²) in [5, 5.41) is 10.2. The maximum absolute atomic E-state index is 8.83. The van der Waals surface area contributed by atoms with Crippen molar-refractivity contribution in [2.24, 2.45) is 0 Å². The summed E-state index contributed by atoms with van der Waals surface area (Å²) < 4.78 is 4.55. The van der Waals surface area contributed by atoms with Crippen molar-refractivity contribution in [2.75, 3.05) is 6.61 Å². The third-order valence-corrected chi connectivity index (χ3v) is 4.73. The molecule has 1 N–H and O–H groups in total. The Kier molecular flexibility index (Phi) is 5.70. The van der Waals surface area contributed by atoms with Gasteiger partial charge in [0.2, 0.25) is 0 Å². The van der Waals surface area contributed by atoms with E-state index in [2.05, 4.69) is 45.3 Å². The first-order valence-corrected chi connectivity index (χ1v) is 9.00. The van der Waals surface area contributed by atoms with Crippen LogP contribution in [0.2, 0.25) is 0 Å². The Morgan fingerprint density at radius 3 is 2.50 bits per heavy atom. The first-order valence-electron chi connectivity index (χ1n) is 9.00. The van der Waals surface area contributed by atoms with Crippen molar-refractivity contribution in [3.8, 4) is 5.82 Å².